The number of hydrogen-bond acceptors (Lipinski definition) is 3. The van der Waals surface area contributed by atoms with Crippen LogP contribution in [0.1, 0.15) is 13.3 Å². The molecule has 1 fully saturated rings. The number of esters is 1. The predicted octanol–water partition coefficient (Wildman–Crippen LogP) is -0.559. The minimum absolute atomic E-state index is 0.374. The van der Waals surface area contributed by atoms with E-state index in [0.717, 1.165) is 0 Å². The number of cyclic esters (lactones) is 1. The first-order valence-corrected chi connectivity index (χ1v) is 3.64. The Bertz CT molecular complexity index is 261. The van der Waals surface area contributed by atoms with Crippen molar-refractivity contribution in [3.63, 3.8) is 0 Å². The molecule has 0 aromatic carbocycles. The van der Waals surface area contributed by atoms with Crippen molar-refractivity contribution in [3.05, 3.63) is 0 Å². The zero-order valence-electron chi connectivity index (χ0n) is 6.72. The van der Waals surface area contributed by atoms with Crippen LogP contribution in [0.2, 0.25) is 0 Å². The summed E-state index contributed by atoms with van der Waals surface area (Å²) in [7, 11) is 0. The van der Waals surface area contributed by atoms with Crippen molar-refractivity contribution in [1.82, 2.24) is 5.32 Å². The van der Waals surface area contributed by atoms with Gasteiger partial charge in [-0.2, -0.15) is 0 Å². The maximum atomic E-state index is 10.9. The molecule has 0 radical (unpaired) electrons. The first-order chi connectivity index (χ1) is 5.74. The van der Waals surface area contributed by atoms with E-state index in [2.05, 4.69) is 21.9 Å². The second-order valence-electron chi connectivity index (χ2n) is 2.36. The average molecular weight is 167 g/mol. The molecule has 1 N–H and O–H groups in total. The molecule has 64 valence electrons. The van der Waals surface area contributed by atoms with E-state index in [1.807, 2.05) is 0 Å². The molecule has 0 bridgehead atoms. The molecule has 1 aliphatic heterocycles. The zero-order chi connectivity index (χ0) is 8.97. The van der Waals surface area contributed by atoms with E-state index in [1.165, 1.54) is 0 Å². The monoisotopic (exact) mass is 167 g/mol. The lowest BCUT2D eigenvalue weighted by molar-refractivity contribution is -0.140. The Morgan fingerprint density at radius 3 is 3.00 bits per heavy atom. The standard InChI is InChI=1S/C8H9NO3/c1-2-3-7(10)9-6-4-5-12-8(6)11/h6H,4-5H2,1H3,(H,9,10). The van der Waals surface area contributed by atoms with Crippen LogP contribution in [-0.2, 0) is 14.3 Å². The van der Waals surface area contributed by atoms with Crippen LogP contribution in [0.25, 0.3) is 0 Å². The van der Waals surface area contributed by atoms with Gasteiger partial charge in [0.1, 0.15) is 6.04 Å². The maximum absolute atomic E-state index is 10.9. The minimum Gasteiger partial charge on any atom is -0.464 e. The summed E-state index contributed by atoms with van der Waals surface area (Å²) in [6.07, 6.45) is 0.538. The summed E-state index contributed by atoms with van der Waals surface area (Å²) in [5, 5.41) is 2.44. The van der Waals surface area contributed by atoms with Crippen molar-refractivity contribution < 1.29 is 14.3 Å². The van der Waals surface area contributed by atoms with E-state index in [0.29, 0.717) is 13.0 Å². The Balaban J connectivity index is 2.44. The van der Waals surface area contributed by atoms with Crippen molar-refractivity contribution in [3.8, 4) is 11.8 Å². The van der Waals surface area contributed by atoms with Gasteiger partial charge in [-0.3, -0.25) is 4.79 Å². The van der Waals surface area contributed by atoms with Crippen LogP contribution in [0.4, 0.5) is 0 Å². The van der Waals surface area contributed by atoms with E-state index in [1.54, 1.807) is 6.92 Å². The Morgan fingerprint density at radius 2 is 2.50 bits per heavy atom. The normalized spacial score (nSPS) is 20.8. The summed E-state index contributed by atoms with van der Waals surface area (Å²) in [6, 6.07) is -0.502. The molecular weight excluding hydrogens is 158 g/mol. The lowest BCUT2D eigenvalue weighted by Gasteiger charge is -2.03. The van der Waals surface area contributed by atoms with Gasteiger partial charge in [-0.1, -0.05) is 5.92 Å². The van der Waals surface area contributed by atoms with Gasteiger partial charge >= 0.3 is 5.97 Å². The molecule has 4 nitrogen and oxygen atoms in total. The molecule has 1 saturated heterocycles. The number of nitrogens with one attached hydrogen (secondary N) is 1. The van der Waals surface area contributed by atoms with E-state index >= 15 is 0 Å². The topological polar surface area (TPSA) is 55.4 Å². The average Bonchev–Trinajstić information content (AvgIpc) is 2.37. The van der Waals surface area contributed by atoms with Crippen LogP contribution in [0, 0.1) is 11.8 Å². The lowest BCUT2D eigenvalue weighted by Crippen LogP contribution is -2.37. The van der Waals surface area contributed by atoms with E-state index in [9.17, 15) is 9.59 Å². The fraction of sp³-hybridized carbons (Fsp3) is 0.500. The van der Waals surface area contributed by atoms with Gasteiger partial charge in [0.2, 0.25) is 0 Å². The maximum Gasteiger partial charge on any atom is 0.328 e. The summed E-state index contributed by atoms with van der Waals surface area (Å²) in [5.41, 5.74) is 0. The number of hydrogen-bond donors (Lipinski definition) is 1. The Kier molecular flexibility index (Phi) is 2.70. The third kappa shape index (κ3) is 1.99. The molecule has 1 rings (SSSR count). The molecule has 0 aromatic rings. The Labute approximate surface area is 70.3 Å². The Hall–Kier alpha value is -1.50. The third-order valence-corrected chi connectivity index (χ3v) is 1.48. The van der Waals surface area contributed by atoms with E-state index in [-0.39, 0.29) is 5.97 Å². The van der Waals surface area contributed by atoms with Gasteiger partial charge in [-0.25, -0.2) is 4.79 Å². The van der Waals surface area contributed by atoms with Crippen LogP contribution in [-0.4, -0.2) is 24.5 Å². The largest absolute Gasteiger partial charge is 0.464 e. The number of carbonyl (C=O) groups excluding carboxylic acids is 2. The SMILES string of the molecule is CC#CC(=O)NC1CCOC1=O. The highest BCUT2D eigenvalue weighted by Gasteiger charge is 2.27. The first kappa shape index (κ1) is 8.60. The first-order valence-electron chi connectivity index (χ1n) is 3.64. The zero-order valence-corrected chi connectivity index (χ0v) is 6.72. The highest BCUT2D eigenvalue weighted by Crippen LogP contribution is 2.04. The number of rotatable bonds is 1. The van der Waals surface area contributed by atoms with Crippen molar-refractivity contribution >= 4 is 11.9 Å². The molecule has 1 amide bonds. The molecule has 1 aliphatic rings. The highest BCUT2D eigenvalue weighted by atomic mass is 16.5. The van der Waals surface area contributed by atoms with Crippen LogP contribution >= 0.6 is 0 Å². The van der Waals surface area contributed by atoms with Crippen molar-refractivity contribution in [1.29, 1.82) is 0 Å². The minimum atomic E-state index is -0.502. The molecule has 12 heavy (non-hydrogen) atoms. The van der Waals surface area contributed by atoms with Gasteiger partial charge in [0.25, 0.3) is 5.91 Å². The van der Waals surface area contributed by atoms with Crippen LogP contribution in [0.15, 0.2) is 0 Å². The molecule has 4 heteroatoms. The molecule has 1 atom stereocenters. The quantitative estimate of drug-likeness (QED) is 0.421. The molecule has 0 spiro atoms. The second-order valence-corrected chi connectivity index (χ2v) is 2.36. The number of ether oxygens (including phenoxy) is 1. The summed E-state index contributed by atoms with van der Waals surface area (Å²) >= 11 is 0. The lowest BCUT2D eigenvalue weighted by atomic mass is 10.2. The highest BCUT2D eigenvalue weighted by molar-refractivity contribution is 5.96. The molecule has 1 heterocycles. The van der Waals surface area contributed by atoms with Crippen LogP contribution in [0.3, 0.4) is 0 Å². The molecule has 0 aromatic heterocycles. The predicted molar refractivity (Wildman–Crippen MR) is 41.0 cm³/mol. The van der Waals surface area contributed by atoms with E-state index < -0.39 is 11.9 Å². The summed E-state index contributed by atoms with van der Waals surface area (Å²) < 4.78 is 4.64. The van der Waals surface area contributed by atoms with Gasteiger partial charge in [0.15, 0.2) is 0 Å². The summed E-state index contributed by atoms with van der Waals surface area (Å²) in [6.45, 7) is 1.94. The summed E-state index contributed by atoms with van der Waals surface area (Å²) in [4.78, 5) is 21.7. The van der Waals surface area contributed by atoms with Crippen molar-refractivity contribution in [2.45, 2.75) is 19.4 Å². The van der Waals surface area contributed by atoms with Gasteiger partial charge in [-0.05, 0) is 12.8 Å². The van der Waals surface area contributed by atoms with Crippen molar-refractivity contribution in [2.75, 3.05) is 6.61 Å². The number of carbonyl (C=O) groups is 2. The van der Waals surface area contributed by atoms with Gasteiger partial charge in [0, 0.05) is 6.42 Å². The van der Waals surface area contributed by atoms with Gasteiger partial charge < -0.3 is 10.1 Å². The van der Waals surface area contributed by atoms with E-state index in [4.69, 9.17) is 0 Å². The third-order valence-electron chi connectivity index (χ3n) is 1.48. The second kappa shape index (κ2) is 3.77. The van der Waals surface area contributed by atoms with Gasteiger partial charge in [-0.15, -0.1) is 0 Å². The molecular formula is C8H9NO3. The summed E-state index contributed by atoms with van der Waals surface area (Å²) in [5.74, 6) is 3.92. The van der Waals surface area contributed by atoms with Gasteiger partial charge in [0.05, 0.1) is 6.61 Å². The smallest absolute Gasteiger partial charge is 0.328 e. The fourth-order valence-corrected chi connectivity index (χ4v) is 0.935. The van der Waals surface area contributed by atoms with Crippen LogP contribution < -0.4 is 5.32 Å². The van der Waals surface area contributed by atoms with Crippen LogP contribution in [0.5, 0.6) is 0 Å². The number of amides is 1. The van der Waals surface area contributed by atoms with Crippen molar-refractivity contribution in [2.24, 2.45) is 0 Å². The molecule has 1 unspecified atom stereocenters. The molecule has 0 saturated carbocycles. The fourth-order valence-electron chi connectivity index (χ4n) is 0.935. The molecule has 0 aliphatic carbocycles. The Morgan fingerprint density at radius 1 is 1.75 bits per heavy atom.